The van der Waals surface area contributed by atoms with Crippen molar-refractivity contribution in [3.05, 3.63) is 71.8 Å². The minimum atomic E-state index is -0.469. The van der Waals surface area contributed by atoms with Crippen LogP contribution in [0, 0.1) is 12.3 Å². The monoisotopic (exact) mass is 279 g/mol. The van der Waals surface area contributed by atoms with Crippen LogP contribution in [0.3, 0.4) is 0 Å². The zero-order valence-corrected chi connectivity index (χ0v) is 11.7. The minimum Gasteiger partial charge on any atom is -0.445 e. The number of amides is 1. The topological polar surface area (TPSA) is 38.3 Å². The van der Waals surface area contributed by atoms with Crippen LogP contribution in [0.1, 0.15) is 23.6 Å². The molecule has 2 rings (SSSR count). The average molecular weight is 279 g/mol. The molecule has 0 aliphatic carbocycles. The summed E-state index contributed by atoms with van der Waals surface area (Å²) in [4.78, 5) is 11.9. The quantitative estimate of drug-likeness (QED) is 0.848. The van der Waals surface area contributed by atoms with Crippen molar-refractivity contribution in [3.8, 4) is 12.3 Å². The van der Waals surface area contributed by atoms with Gasteiger partial charge in [-0.25, -0.2) is 4.79 Å². The lowest BCUT2D eigenvalue weighted by Crippen LogP contribution is -2.28. The van der Waals surface area contributed by atoms with Gasteiger partial charge >= 0.3 is 6.09 Å². The van der Waals surface area contributed by atoms with Crippen LogP contribution >= 0.6 is 0 Å². The van der Waals surface area contributed by atoms with Gasteiger partial charge in [0.15, 0.2) is 0 Å². The molecule has 0 heterocycles. The van der Waals surface area contributed by atoms with Crippen molar-refractivity contribution >= 4 is 6.09 Å². The Balaban J connectivity index is 1.91. The fraction of sp³-hybridized carbons (Fsp3) is 0.167. The molecule has 1 unspecified atom stereocenters. The van der Waals surface area contributed by atoms with E-state index in [-0.39, 0.29) is 12.6 Å². The molecule has 0 spiro atoms. The van der Waals surface area contributed by atoms with E-state index in [4.69, 9.17) is 11.2 Å². The molecule has 1 N–H and O–H groups in total. The summed E-state index contributed by atoms with van der Waals surface area (Å²) in [6, 6.07) is 18.9. The van der Waals surface area contributed by atoms with Gasteiger partial charge in [-0.05, 0) is 11.1 Å². The van der Waals surface area contributed by atoms with E-state index in [1.54, 1.807) is 0 Å². The molecule has 2 aromatic carbocycles. The molecular formula is C18H17NO2. The third-order valence-corrected chi connectivity index (χ3v) is 3.03. The first-order valence-electron chi connectivity index (χ1n) is 6.75. The molecule has 3 nitrogen and oxygen atoms in total. The van der Waals surface area contributed by atoms with E-state index in [1.165, 1.54) is 0 Å². The number of hydrogen-bond donors (Lipinski definition) is 1. The fourth-order valence-corrected chi connectivity index (χ4v) is 1.96. The summed E-state index contributed by atoms with van der Waals surface area (Å²) >= 11 is 0. The van der Waals surface area contributed by atoms with Crippen molar-refractivity contribution in [1.29, 1.82) is 0 Å². The highest BCUT2D eigenvalue weighted by molar-refractivity contribution is 5.68. The van der Waals surface area contributed by atoms with Gasteiger partial charge in [-0.2, -0.15) is 0 Å². The van der Waals surface area contributed by atoms with Crippen molar-refractivity contribution in [2.45, 2.75) is 19.1 Å². The highest BCUT2D eigenvalue weighted by Crippen LogP contribution is 2.16. The average Bonchev–Trinajstić information content (AvgIpc) is 2.54. The Morgan fingerprint density at radius 3 is 2.33 bits per heavy atom. The lowest BCUT2D eigenvalue weighted by Gasteiger charge is -2.16. The molecule has 0 fully saturated rings. The summed E-state index contributed by atoms with van der Waals surface area (Å²) in [5.74, 6) is 2.58. The molecule has 0 aliphatic heterocycles. The fourth-order valence-electron chi connectivity index (χ4n) is 1.96. The Bertz CT molecular complexity index is 602. The molecule has 0 aromatic heterocycles. The van der Waals surface area contributed by atoms with Crippen LogP contribution in [0.2, 0.25) is 0 Å². The van der Waals surface area contributed by atoms with E-state index < -0.39 is 6.09 Å². The lowest BCUT2D eigenvalue weighted by molar-refractivity contribution is 0.136. The normalized spacial score (nSPS) is 11.2. The van der Waals surface area contributed by atoms with Gasteiger partial charge in [0.05, 0.1) is 6.04 Å². The Morgan fingerprint density at radius 2 is 1.71 bits per heavy atom. The zero-order valence-electron chi connectivity index (χ0n) is 11.7. The van der Waals surface area contributed by atoms with Gasteiger partial charge < -0.3 is 10.1 Å². The summed E-state index contributed by atoms with van der Waals surface area (Å²) in [6.45, 7) is 0.240. The molecule has 0 radical (unpaired) electrons. The summed E-state index contributed by atoms with van der Waals surface area (Å²) in [7, 11) is 0. The van der Waals surface area contributed by atoms with E-state index in [0.29, 0.717) is 6.42 Å². The molecule has 0 aliphatic rings. The summed E-state index contributed by atoms with van der Waals surface area (Å²) < 4.78 is 5.21. The number of alkyl carbamates (subject to hydrolysis) is 1. The number of terminal acetylenes is 1. The molecular weight excluding hydrogens is 262 g/mol. The molecule has 1 amide bonds. The Labute approximate surface area is 125 Å². The number of rotatable bonds is 5. The maximum Gasteiger partial charge on any atom is 0.407 e. The molecule has 0 saturated heterocycles. The number of carbonyl (C=O) groups excluding carboxylic acids is 1. The maximum atomic E-state index is 11.9. The predicted octanol–water partition coefficient (Wildman–Crippen LogP) is 3.68. The molecule has 106 valence electrons. The molecule has 21 heavy (non-hydrogen) atoms. The van der Waals surface area contributed by atoms with E-state index in [2.05, 4.69) is 11.2 Å². The minimum absolute atomic E-state index is 0.237. The summed E-state index contributed by atoms with van der Waals surface area (Å²) in [5, 5.41) is 2.80. The molecule has 1 atom stereocenters. The van der Waals surface area contributed by atoms with Gasteiger partial charge in [0.1, 0.15) is 6.61 Å². The van der Waals surface area contributed by atoms with Crippen LogP contribution in [0.5, 0.6) is 0 Å². The molecule has 0 saturated carbocycles. The van der Waals surface area contributed by atoms with Crippen LogP contribution in [0.25, 0.3) is 0 Å². The highest BCUT2D eigenvalue weighted by atomic mass is 16.5. The van der Waals surface area contributed by atoms with Gasteiger partial charge in [-0.15, -0.1) is 12.3 Å². The summed E-state index contributed by atoms with van der Waals surface area (Å²) in [5.41, 5.74) is 1.91. The van der Waals surface area contributed by atoms with Gasteiger partial charge in [0, 0.05) is 6.42 Å². The van der Waals surface area contributed by atoms with Gasteiger partial charge in [0.25, 0.3) is 0 Å². The third-order valence-electron chi connectivity index (χ3n) is 3.03. The smallest absolute Gasteiger partial charge is 0.407 e. The Kier molecular flexibility index (Phi) is 5.42. The van der Waals surface area contributed by atoms with Crippen molar-refractivity contribution < 1.29 is 9.53 Å². The van der Waals surface area contributed by atoms with Crippen LogP contribution in [0.15, 0.2) is 60.7 Å². The van der Waals surface area contributed by atoms with Crippen LogP contribution < -0.4 is 5.32 Å². The van der Waals surface area contributed by atoms with Crippen LogP contribution in [-0.2, 0) is 11.3 Å². The van der Waals surface area contributed by atoms with E-state index in [9.17, 15) is 4.79 Å². The second-order valence-corrected chi connectivity index (χ2v) is 4.58. The highest BCUT2D eigenvalue weighted by Gasteiger charge is 2.14. The maximum absolute atomic E-state index is 11.9. The molecule has 2 aromatic rings. The first-order chi connectivity index (χ1) is 10.3. The molecule has 3 heteroatoms. The van der Waals surface area contributed by atoms with Gasteiger partial charge in [0.2, 0.25) is 0 Å². The predicted molar refractivity (Wildman–Crippen MR) is 82.4 cm³/mol. The first-order valence-corrected chi connectivity index (χ1v) is 6.75. The first kappa shape index (κ1) is 14.7. The van der Waals surface area contributed by atoms with Crippen molar-refractivity contribution in [1.82, 2.24) is 5.32 Å². The number of hydrogen-bond acceptors (Lipinski definition) is 2. The Hall–Kier alpha value is -2.73. The van der Waals surface area contributed by atoms with Crippen LogP contribution in [-0.4, -0.2) is 6.09 Å². The van der Waals surface area contributed by atoms with Crippen molar-refractivity contribution in [3.63, 3.8) is 0 Å². The van der Waals surface area contributed by atoms with Crippen molar-refractivity contribution in [2.24, 2.45) is 0 Å². The van der Waals surface area contributed by atoms with E-state index in [1.807, 2.05) is 60.7 Å². The third kappa shape index (κ3) is 4.70. The lowest BCUT2D eigenvalue weighted by atomic mass is 10.0. The number of benzene rings is 2. The standard InChI is InChI=1S/C18H17NO2/c1-2-9-17(16-12-7-4-8-13-16)19-18(20)21-14-15-10-5-3-6-11-15/h1,3-8,10-13,17H,9,14H2,(H,19,20). The Morgan fingerprint density at radius 1 is 1.10 bits per heavy atom. The molecule has 0 bridgehead atoms. The number of carbonyl (C=O) groups is 1. The van der Waals surface area contributed by atoms with Gasteiger partial charge in [-0.3, -0.25) is 0 Å². The second-order valence-electron chi connectivity index (χ2n) is 4.58. The number of ether oxygens (including phenoxy) is 1. The second kappa shape index (κ2) is 7.76. The van der Waals surface area contributed by atoms with E-state index >= 15 is 0 Å². The van der Waals surface area contributed by atoms with E-state index in [0.717, 1.165) is 11.1 Å². The van der Waals surface area contributed by atoms with Crippen molar-refractivity contribution in [2.75, 3.05) is 0 Å². The largest absolute Gasteiger partial charge is 0.445 e. The van der Waals surface area contributed by atoms with Gasteiger partial charge in [-0.1, -0.05) is 60.7 Å². The van der Waals surface area contributed by atoms with Crippen LogP contribution in [0.4, 0.5) is 4.79 Å². The summed E-state index contributed by atoms with van der Waals surface area (Å²) in [6.07, 6.45) is 5.32. The SMILES string of the molecule is C#CCC(NC(=O)OCc1ccccc1)c1ccccc1. The zero-order chi connectivity index (χ0) is 14.9. The number of nitrogens with one attached hydrogen (secondary N) is 1.